The van der Waals surface area contributed by atoms with Crippen molar-refractivity contribution < 1.29 is 4.79 Å². The molecule has 2 heterocycles. The van der Waals surface area contributed by atoms with Gasteiger partial charge in [-0.05, 0) is 55.3 Å². The Hall–Kier alpha value is -2.38. The number of anilines is 1. The fourth-order valence-electron chi connectivity index (χ4n) is 1.94. The first-order valence-corrected chi connectivity index (χ1v) is 9.00. The van der Waals surface area contributed by atoms with E-state index in [0.717, 1.165) is 16.1 Å². The lowest BCUT2D eigenvalue weighted by Crippen LogP contribution is -2.12. The molecule has 0 aliphatic rings. The predicted molar refractivity (Wildman–Crippen MR) is 99.1 cm³/mol. The highest BCUT2D eigenvalue weighted by Gasteiger charge is 2.15. The third-order valence-electron chi connectivity index (χ3n) is 3.13. The van der Waals surface area contributed by atoms with Crippen LogP contribution in [-0.2, 0) is 4.79 Å². The molecule has 0 aliphatic carbocycles. The van der Waals surface area contributed by atoms with Crippen molar-refractivity contribution in [3.63, 3.8) is 0 Å². The molecular formula is C17H16N4OS2. The minimum atomic E-state index is -0.181. The zero-order valence-electron chi connectivity index (χ0n) is 13.2. The molecule has 0 bridgehead atoms. The van der Waals surface area contributed by atoms with Crippen molar-refractivity contribution in [3.8, 4) is 0 Å². The van der Waals surface area contributed by atoms with Crippen LogP contribution in [-0.4, -0.2) is 21.1 Å². The average Bonchev–Trinajstić information content (AvgIpc) is 3.21. The van der Waals surface area contributed by atoms with Gasteiger partial charge in [-0.1, -0.05) is 23.8 Å². The lowest BCUT2D eigenvalue weighted by molar-refractivity contribution is -0.112. The molecule has 0 spiro atoms. The predicted octanol–water partition coefficient (Wildman–Crippen LogP) is 4.25. The van der Waals surface area contributed by atoms with Gasteiger partial charge in [-0.3, -0.25) is 9.89 Å². The molecule has 3 rings (SSSR count). The van der Waals surface area contributed by atoms with Gasteiger partial charge in [0, 0.05) is 10.6 Å². The molecule has 2 aromatic heterocycles. The Bertz CT molecular complexity index is 851. The molecule has 0 aliphatic heterocycles. The smallest absolute Gasteiger partial charge is 0.262 e. The number of hydrogen-bond acceptors (Lipinski definition) is 5. The molecule has 24 heavy (non-hydrogen) atoms. The van der Waals surface area contributed by atoms with Crippen LogP contribution < -0.4 is 5.32 Å². The van der Waals surface area contributed by atoms with Gasteiger partial charge < -0.3 is 5.32 Å². The maximum atomic E-state index is 12.7. The van der Waals surface area contributed by atoms with E-state index in [1.807, 2.05) is 61.7 Å². The molecule has 0 saturated carbocycles. The number of aryl methyl sites for hydroxylation is 2. The lowest BCUT2D eigenvalue weighted by Gasteiger charge is -2.07. The number of nitrogens with zero attached hydrogens (tertiary/aromatic N) is 2. The topological polar surface area (TPSA) is 70.7 Å². The van der Waals surface area contributed by atoms with Crippen LogP contribution in [0.5, 0.6) is 0 Å². The standard InChI is InChI=1S/C17H16N4OS2/c1-11-5-7-13(8-6-11)19-16(22)15(10-14-4-3-9-23-14)24-17-18-12(2)20-21-17/h3-10H,1-2H3,(H,19,22)(H,18,20,21)/b15-10+. The largest absolute Gasteiger partial charge is 0.322 e. The van der Waals surface area contributed by atoms with Crippen molar-refractivity contribution in [3.05, 3.63) is 62.9 Å². The van der Waals surface area contributed by atoms with Gasteiger partial charge in [0.25, 0.3) is 5.91 Å². The monoisotopic (exact) mass is 356 g/mol. The summed E-state index contributed by atoms with van der Waals surface area (Å²) in [6.45, 7) is 3.83. The highest BCUT2D eigenvalue weighted by Crippen LogP contribution is 2.28. The van der Waals surface area contributed by atoms with Crippen LogP contribution in [0.3, 0.4) is 0 Å². The van der Waals surface area contributed by atoms with Gasteiger partial charge in [-0.25, -0.2) is 4.98 Å². The first-order chi connectivity index (χ1) is 11.6. The number of amides is 1. The van der Waals surface area contributed by atoms with Gasteiger partial charge in [0.1, 0.15) is 5.82 Å². The van der Waals surface area contributed by atoms with Crippen molar-refractivity contribution in [2.75, 3.05) is 5.32 Å². The lowest BCUT2D eigenvalue weighted by atomic mass is 10.2. The van der Waals surface area contributed by atoms with Crippen LogP contribution in [0.15, 0.2) is 51.8 Å². The molecule has 7 heteroatoms. The fourth-order valence-corrected chi connectivity index (χ4v) is 3.47. The second-order valence-corrected chi connectivity index (χ2v) is 7.14. The number of carbonyl (C=O) groups excluding carboxylic acids is 1. The molecule has 0 radical (unpaired) electrons. The Morgan fingerprint density at radius 2 is 2.04 bits per heavy atom. The summed E-state index contributed by atoms with van der Waals surface area (Å²) in [5.74, 6) is 0.534. The number of aromatic amines is 1. The van der Waals surface area contributed by atoms with Crippen molar-refractivity contribution in [2.24, 2.45) is 0 Å². The number of nitrogens with one attached hydrogen (secondary N) is 2. The van der Waals surface area contributed by atoms with E-state index in [0.29, 0.717) is 15.9 Å². The first kappa shape index (κ1) is 16.5. The molecule has 3 aromatic rings. The third-order valence-corrected chi connectivity index (χ3v) is 4.84. The molecular weight excluding hydrogens is 340 g/mol. The summed E-state index contributed by atoms with van der Waals surface area (Å²) in [5, 5.41) is 12.3. The number of hydrogen-bond donors (Lipinski definition) is 2. The second-order valence-electron chi connectivity index (χ2n) is 5.15. The average molecular weight is 356 g/mol. The van der Waals surface area contributed by atoms with Gasteiger partial charge in [0.15, 0.2) is 0 Å². The Morgan fingerprint density at radius 3 is 2.67 bits per heavy atom. The fraction of sp³-hybridized carbons (Fsp3) is 0.118. The molecule has 1 amide bonds. The van der Waals surface area contributed by atoms with Crippen molar-refractivity contribution in [1.29, 1.82) is 0 Å². The maximum Gasteiger partial charge on any atom is 0.262 e. The summed E-state index contributed by atoms with van der Waals surface area (Å²) in [6.07, 6.45) is 1.85. The van der Waals surface area contributed by atoms with Crippen LogP contribution in [0, 0.1) is 13.8 Å². The molecule has 0 saturated heterocycles. The van der Waals surface area contributed by atoms with Crippen LogP contribution >= 0.6 is 23.1 Å². The van der Waals surface area contributed by atoms with Crippen molar-refractivity contribution >= 4 is 40.8 Å². The maximum absolute atomic E-state index is 12.7. The summed E-state index contributed by atoms with van der Waals surface area (Å²) < 4.78 is 0. The van der Waals surface area contributed by atoms with Crippen LogP contribution in [0.1, 0.15) is 16.3 Å². The van der Waals surface area contributed by atoms with Gasteiger partial charge >= 0.3 is 0 Å². The first-order valence-electron chi connectivity index (χ1n) is 7.30. The quantitative estimate of drug-likeness (QED) is 0.529. The van der Waals surface area contributed by atoms with E-state index in [-0.39, 0.29) is 5.91 Å². The van der Waals surface area contributed by atoms with Crippen LogP contribution in [0.2, 0.25) is 0 Å². The molecule has 1 aromatic carbocycles. The van der Waals surface area contributed by atoms with E-state index in [2.05, 4.69) is 20.5 Å². The number of thioether (sulfide) groups is 1. The number of benzene rings is 1. The van der Waals surface area contributed by atoms with Gasteiger partial charge in [-0.2, -0.15) is 0 Å². The number of thiophene rings is 1. The molecule has 0 unspecified atom stereocenters. The molecule has 2 N–H and O–H groups in total. The van der Waals surface area contributed by atoms with Crippen LogP contribution in [0.25, 0.3) is 6.08 Å². The SMILES string of the molecule is Cc1ccc(NC(=O)/C(=C\c2cccs2)Sc2n[nH]c(C)n2)cc1. The number of aromatic nitrogens is 3. The minimum absolute atomic E-state index is 0.181. The zero-order valence-corrected chi connectivity index (χ0v) is 14.9. The van der Waals surface area contributed by atoms with Gasteiger partial charge in [0.05, 0.1) is 4.91 Å². The minimum Gasteiger partial charge on any atom is -0.322 e. The summed E-state index contributed by atoms with van der Waals surface area (Å²) >= 11 is 2.81. The molecule has 0 atom stereocenters. The number of H-pyrrole nitrogens is 1. The highest BCUT2D eigenvalue weighted by molar-refractivity contribution is 8.04. The van der Waals surface area contributed by atoms with Crippen molar-refractivity contribution in [1.82, 2.24) is 15.2 Å². The van der Waals surface area contributed by atoms with E-state index >= 15 is 0 Å². The zero-order chi connectivity index (χ0) is 16.9. The van der Waals surface area contributed by atoms with E-state index in [4.69, 9.17) is 0 Å². The van der Waals surface area contributed by atoms with E-state index < -0.39 is 0 Å². The van der Waals surface area contributed by atoms with Gasteiger partial charge in [-0.15, -0.1) is 16.4 Å². The molecule has 5 nitrogen and oxygen atoms in total. The Morgan fingerprint density at radius 1 is 1.25 bits per heavy atom. The molecule has 0 fully saturated rings. The summed E-state index contributed by atoms with van der Waals surface area (Å²) in [6, 6.07) is 11.6. The normalized spacial score (nSPS) is 11.5. The number of carbonyl (C=O) groups is 1. The van der Waals surface area contributed by atoms with E-state index in [1.54, 1.807) is 11.3 Å². The summed E-state index contributed by atoms with van der Waals surface area (Å²) in [5.41, 5.74) is 1.90. The van der Waals surface area contributed by atoms with E-state index in [1.165, 1.54) is 11.8 Å². The van der Waals surface area contributed by atoms with Gasteiger partial charge in [0.2, 0.25) is 5.16 Å². The highest BCUT2D eigenvalue weighted by atomic mass is 32.2. The summed E-state index contributed by atoms with van der Waals surface area (Å²) in [7, 11) is 0. The summed E-state index contributed by atoms with van der Waals surface area (Å²) in [4.78, 5) is 18.5. The third kappa shape index (κ3) is 4.33. The second kappa shape index (κ2) is 7.46. The number of rotatable bonds is 5. The van der Waals surface area contributed by atoms with Crippen molar-refractivity contribution in [2.45, 2.75) is 19.0 Å². The van der Waals surface area contributed by atoms with E-state index in [9.17, 15) is 4.79 Å². The Kier molecular flexibility index (Phi) is 5.12. The van der Waals surface area contributed by atoms with Crippen LogP contribution in [0.4, 0.5) is 5.69 Å². The Balaban J connectivity index is 1.83. The Labute approximate surface area is 148 Å². The molecule has 122 valence electrons.